The van der Waals surface area contributed by atoms with Crippen molar-refractivity contribution in [1.82, 2.24) is 9.38 Å². The second kappa shape index (κ2) is 4.48. The number of amides is 1. The highest BCUT2D eigenvalue weighted by molar-refractivity contribution is 7.15. The second-order valence-electron chi connectivity index (χ2n) is 3.70. The molecule has 0 unspecified atom stereocenters. The highest BCUT2D eigenvalue weighted by atomic mass is 32.1. The van der Waals surface area contributed by atoms with Crippen molar-refractivity contribution >= 4 is 45.0 Å². The number of rotatable bonds is 2. The monoisotopic (exact) mass is 292 g/mol. The molecule has 3 rings (SSSR count). The van der Waals surface area contributed by atoms with Crippen molar-refractivity contribution in [3.63, 3.8) is 0 Å². The topological polar surface area (TPSA) is 89.5 Å². The Morgan fingerprint density at radius 3 is 3.00 bits per heavy atom. The third-order valence-corrected chi connectivity index (χ3v) is 3.98. The molecule has 0 aliphatic heterocycles. The van der Waals surface area contributed by atoms with E-state index in [1.54, 1.807) is 32.8 Å². The zero-order valence-corrected chi connectivity index (χ0v) is 11.1. The van der Waals surface area contributed by atoms with Gasteiger partial charge in [0.1, 0.15) is 5.82 Å². The van der Waals surface area contributed by atoms with Crippen LogP contribution in [0.25, 0.3) is 4.96 Å². The van der Waals surface area contributed by atoms with Crippen LogP contribution in [0, 0.1) is 0 Å². The summed E-state index contributed by atoms with van der Waals surface area (Å²) < 4.78 is 1.56. The number of anilines is 2. The number of thiazole rings is 1. The lowest BCUT2D eigenvalue weighted by molar-refractivity contribution is 0.102. The first kappa shape index (κ1) is 11.9. The maximum Gasteiger partial charge on any atom is 0.299 e. The molecule has 19 heavy (non-hydrogen) atoms. The molecule has 0 bridgehead atoms. The summed E-state index contributed by atoms with van der Waals surface area (Å²) in [6, 6.07) is 1.67. The zero-order chi connectivity index (χ0) is 13.4. The van der Waals surface area contributed by atoms with E-state index in [0.29, 0.717) is 10.5 Å². The Bertz CT molecular complexity index is 804. The Kier molecular flexibility index (Phi) is 2.80. The van der Waals surface area contributed by atoms with E-state index in [1.807, 2.05) is 0 Å². The largest absolute Gasteiger partial charge is 0.383 e. The Morgan fingerprint density at radius 2 is 2.26 bits per heavy atom. The Balaban J connectivity index is 2.05. The predicted molar refractivity (Wildman–Crippen MR) is 76.0 cm³/mol. The standard InChI is InChI=1S/C11H8N4O2S2/c12-8-7(13-9(16)6-1-3-18-5-6)10(17)14-11-15(8)2-4-19-11/h1-5H,12H2,(H,13,16). The van der Waals surface area contributed by atoms with Crippen molar-refractivity contribution in [1.29, 1.82) is 0 Å². The van der Waals surface area contributed by atoms with Crippen LogP contribution < -0.4 is 16.6 Å². The van der Waals surface area contributed by atoms with Crippen LogP contribution >= 0.6 is 22.7 Å². The molecule has 3 aromatic rings. The molecule has 96 valence electrons. The summed E-state index contributed by atoms with van der Waals surface area (Å²) in [6.07, 6.45) is 1.70. The molecule has 3 heterocycles. The van der Waals surface area contributed by atoms with Gasteiger partial charge in [-0.15, -0.1) is 11.3 Å². The van der Waals surface area contributed by atoms with Crippen LogP contribution in [0.1, 0.15) is 10.4 Å². The number of fused-ring (bicyclic) bond motifs is 1. The fourth-order valence-corrected chi connectivity index (χ4v) is 2.95. The zero-order valence-electron chi connectivity index (χ0n) is 9.49. The normalized spacial score (nSPS) is 10.7. The summed E-state index contributed by atoms with van der Waals surface area (Å²) in [5.41, 5.74) is 5.84. The van der Waals surface area contributed by atoms with E-state index in [4.69, 9.17) is 5.73 Å². The first-order valence-electron chi connectivity index (χ1n) is 5.25. The van der Waals surface area contributed by atoms with Crippen LogP contribution in [0.4, 0.5) is 11.5 Å². The van der Waals surface area contributed by atoms with Gasteiger partial charge in [-0.05, 0) is 11.4 Å². The van der Waals surface area contributed by atoms with Gasteiger partial charge in [0.15, 0.2) is 10.6 Å². The van der Waals surface area contributed by atoms with Crippen molar-refractivity contribution in [2.45, 2.75) is 0 Å². The van der Waals surface area contributed by atoms with Crippen LogP contribution in [0.2, 0.25) is 0 Å². The average Bonchev–Trinajstić information content (AvgIpc) is 3.04. The fourth-order valence-electron chi connectivity index (χ4n) is 1.61. The first-order chi connectivity index (χ1) is 9.16. The molecule has 0 saturated heterocycles. The molecule has 0 fully saturated rings. The predicted octanol–water partition coefficient (Wildman–Crippen LogP) is 1.65. The molecule has 6 nitrogen and oxygen atoms in total. The van der Waals surface area contributed by atoms with Crippen molar-refractivity contribution in [2.75, 3.05) is 11.1 Å². The van der Waals surface area contributed by atoms with Gasteiger partial charge in [0.05, 0.1) is 5.56 Å². The lowest BCUT2D eigenvalue weighted by Crippen LogP contribution is -2.22. The minimum absolute atomic E-state index is 0.00657. The minimum Gasteiger partial charge on any atom is -0.383 e. The molecule has 8 heteroatoms. The summed E-state index contributed by atoms with van der Waals surface area (Å²) in [6.45, 7) is 0. The average molecular weight is 292 g/mol. The van der Waals surface area contributed by atoms with Gasteiger partial charge in [0.25, 0.3) is 11.5 Å². The maximum atomic E-state index is 11.9. The molecule has 0 aliphatic rings. The van der Waals surface area contributed by atoms with E-state index < -0.39 is 5.56 Å². The Morgan fingerprint density at radius 1 is 1.42 bits per heavy atom. The van der Waals surface area contributed by atoms with Crippen LogP contribution in [-0.2, 0) is 0 Å². The number of carbonyl (C=O) groups is 1. The minimum atomic E-state index is -0.538. The van der Waals surface area contributed by atoms with E-state index in [1.165, 1.54) is 22.7 Å². The van der Waals surface area contributed by atoms with Gasteiger partial charge in [0.2, 0.25) is 0 Å². The lowest BCUT2D eigenvalue weighted by Gasteiger charge is -2.07. The number of thiophene rings is 1. The van der Waals surface area contributed by atoms with Crippen LogP contribution in [0.5, 0.6) is 0 Å². The molecule has 1 amide bonds. The third kappa shape index (κ3) is 2.00. The number of hydrogen-bond acceptors (Lipinski definition) is 6. The number of nitrogen functional groups attached to an aromatic ring is 1. The Hall–Kier alpha value is -2.19. The molecule has 3 aromatic heterocycles. The molecule has 3 N–H and O–H groups in total. The summed E-state index contributed by atoms with van der Waals surface area (Å²) >= 11 is 2.70. The van der Waals surface area contributed by atoms with Crippen LogP contribution in [0.15, 0.2) is 33.2 Å². The smallest absolute Gasteiger partial charge is 0.299 e. The van der Waals surface area contributed by atoms with Crippen LogP contribution in [-0.4, -0.2) is 15.3 Å². The highest BCUT2D eigenvalue weighted by Crippen LogP contribution is 2.18. The second-order valence-corrected chi connectivity index (χ2v) is 5.35. The summed E-state index contributed by atoms with van der Waals surface area (Å²) in [4.78, 5) is 28.1. The summed E-state index contributed by atoms with van der Waals surface area (Å²) in [7, 11) is 0. The molecule has 0 saturated carbocycles. The van der Waals surface area contributed by atoms with Gasteiger partial charge in [-0.25, -0.2) is 0 Å². The van der Waals surface area contributed by atoms with E-state index in [0.717, 1.165) is 0 Å². The van der Waals surface area contributed by atoms with Crippen molar-refractivity contribution in [3.05, 3.63) is 44.3 Å². The van der Waals surface area contributed by atoms with Crippen molar-refractivity contribution in [2.24, 2.45) is 0 Å². The number of nitrogens with one attached hydrogen (secondary N) is 1. The molecule has 0 atom stereocenters. The highest BCUT2D eigenvalue weighted by Gasteiger charge is 2.15. The third-order valence-electron chi connectivity index (χ3n) is 2.54. The molecular weight excluding hydrogens is 284 g/mol. The van der Waals surface area contributed by atoms with E-state index in [9.17, 15) is 9.59 Å². The molecule has 0 spiro atoms. The van der Waals surface area contributed by atoms with Gasteiger partial charge < -0.3 is 11.1 Å². The van der Waals surface area contributed by atoms with Crippen molar-refractivity contribution < 1.29 is 4.79 Å². The molecule has 0 aliphatic carbocycles. The lowest BCUT2D eigenvalue weighted by atomic mass is 10.3. The first-order valence-corrected chi connectivity index (χ1v) is 7.08. The fraction of sp³-hybridized carbons (Fsp3) is 0. The number of hydrogen-bond donors (Lipinski definition) is 2. The summed E-state index contributed by atoms with van der Waals surface area (Å²) in [5.74, 6) is -0.193. The number of nitrogens with zero attached hydrogens (tertiary/aromatic N) is 2. The molecule has 0 radical (unpaired) electrons. The van der Waals surface area contributed by atoms with E-state index in [2.05, 4.69) is 10.3 Å². The quantitative estimate of drug-likeness (QED) is 0.751. The number of nitrogens with two attached hydrogens (primary N) is 1. The van der Waals surface area contributed by atoms with Gasteiger partial charge >= 0.3 is 0 Å². The Labute approximate surface area is 115 Å². The van der Waals surface area contributed by atoms with Crippen LogP contribution in [0.3, 0.4) is 0 Å². The van der Waals surface area contributed by atoms with Gasteiger partial charge in [-0.2, -0.15) is 16.3 Å². The van der Waals surface area contributed by atoms with Gasteiger partial charge in [-0.3, -0.25) is 14.0 Å². The number of carbonyl (C=O) groups excluding carboxylic acids is 1. The maximum absolute atomic E-state index is 11.9. The van der Waals surface area contributed by atoms with Gasteiger partial charge in [0, 0.05) is 17.0 Å². The van der Waals surface area contributed by atoms with Crippen molar-refractivity contribution in [3.8, 4) is 0 Å². The number of aromatic nitrogens is 2. The molecule has 0 aromatic carbocycles. The van der Waals surface area contributed by atoms with Gasteiger partial charge in [-0.1, -0.05) is 0 Å². The SMILES string of the molecule is Nc1c(NC(=O)c2ccsc2)c(=O)nc2sccn12. The van der Waals surface area contributed by atoms with E-state index in [-0.39, 0.29) is 17.4 Å². The summed E-state index contributed by atoms with van der Waals surface area (Å²) in [5, 5.41) is 7.76. The molecular formula is C11H8N4O2S2. The van der Waals surface area contributed by atoms with E-state index >= 15 is 0 Å².